The van der Waals surface area contributed by atoms with Crippen molar-refractivity contribution in [2.24, 2.45) is 0 Å². The SMILES string of the molecule is CSC1=C(C#N)C(c2ccccc2Cl)C(C(=O)Nc2ccccc2)=C(C)N1. The van der Waals surface area contributed by atoms with Crippen LogP contribution in [0.4, 0.5) is 5.69 Å². The molecule has 1 unspecified atom stereocenters. The monoisotopic (exact) mass is 395 g/mol. The fourth-order valence-electron chi connectivity index (χ4n) is 3.11. The molecule has 2 aromatic carbocycles. The second-order valence-corrected chi connectivity index (χ2v) is 7.22. The third kappa shape index (κ3) is 3.87. The van der Waals surface area contributed by atoms with Crippen LogP contribution in [-0.2, 0) is 4.79 Å². The number of dihydropyridines is 1. The molecule has 0 saturated heterocycles. The van der Waals surface area contributed by atoms with E-state index in [1.165, 1.54) is 11.8 Å². The van der Waals surface area contributed by atoms with Gasteiger partial charge in [0, 0.05) is 22.0 Å². The average Bonchev–Trinajstić information content (AvgIpc) is 2.68. The summed E-state index contributed by atoms with van der Waals surface area (Å²) in [5, 5.41) is 17.2. The minimum atomic E-state index is -0.531. The Balaban J connectivity index is 2.11. The van der Waals surface area contributed by atoms with E-state index in [1.54, 1.807) is 6.07 Å². The van der Waals surface area contributed by atoms with Crippen molar-refractivity contribution in [3.63, 3.8) is 0 Å². The summed E-state index contributed by atoms with van der Waals surface area (Å²) in [5.41, 5.74) is 3.11. The lowest BCUT2D eigenvalue weighted by Gasteiger charge is -2.30. The van der Waals surface area contributed by atoms with E-state index in [1.807, 2.05) is 61.7 Å². The van der Waals surface area contributed by atoms with Crippen LogP contribution in [0.15, 0.2) is 76.5 Å². The van der Waals surface area contributed by atoms with Gasteiger partial charge < -0.3 is 10.6 Å². The first-order valence-electron chi connectivity index (χ1n) is 8.33. The number of anilines is 1. The maximum atomic E-state index is 13.1. The largest absolute Gasteiger partial charge is 0.353 e. The van der Waals surface area contributed by atoms with E-state index in [0.29, 0.717) is 27.6 Å². The number of para-hydroxylation sites is 1. The van der Waals surface area contributed by atoms with Gasteiger partial charge in [0.05, 0.1) is 22.6 Å². The van der Waals surface area contributed by atoms with Gasteiger partial charge in [-0.25, -0.2) is 0 Å². The number of carbonyl (C=O) groups excluding carboxylic acids is 1. The fraction of sp³-hybridized carbons (Fsp3) is 0.143. The lowest BCUT2D eigenvalue weighted by Crippen LogP contribution is -2.30. The van der Waals surface area contributed by atoms with Crippen molar-refractivity contribution in [1.29, 1.82) is 5.26 Å². The number of hydrogen-bond acceptors (Lipinski definition) is 4. The summed E-state index contributed by atoms with van der Waals surface area (Å²) in [6.45, 7) is 1.84. The predicted molar refractivity (Wildman–Crippen MR) is 111 cm³/mol. The van der Waals surface area contributed by atoms with Crippen LogP contribution in [0.5, 0.6) is 0 Å². The molecule has 1 aliphatic rings. The molecule has 136 valence electrons. The smallest absolute Gasteiger partial charge is 0.254 e. The minimum absolute atomic E-state index is 0.260. The number of thioether (sulfide) groups is 1. The molecule has 1 heterocycles. The van der Waals surface area contributed by atoms with Gasteiger partial charge >= 0.3 is 0 Å². The highest BCUT2D eigenvalue weighted by Crippen LogP contribution is 2.42. The molecule has 3 rings (SSSR count). The summed E-state index contributed by atoms with van der Waals surface area (Å²) in [4.78, 5) is 13.1. The molecule has 0 saturated carbocycles. The molecule has 1 atom stereocenters. The first-order valence-corrected chi connectivity index (χ1v) is 9.94. The molecule has 1 aliphatic heterocycles. The van der Waals surface area contributed by atoms with Gasteiger partial charge in [0.15, 0.2) is 0 Å². The first kappa shape index (κ1) is 19.1. The number of nitriles is 1. The normalized spacial score (nSPS) is 16.6. The summed E-state index contributed by atoms with van der Waals surface area (Å²) in [6, 6.07) is 18.8. The van der Waals surface area contributed by atoms with E-state index >= 15 is 0 Å². The maximum absolute atomic E-state index is 13.1. The standard InChI is InChI=1S/C21H18ClN3OS/c1-13-18(20(26)25-14-8-4-3-5-9-14)19(15-10-6-7-11-17(15)22)16(12-23)21(24-13)27-2/h3-11,19,24H,1-2H3,(H,25,26). The predicted octanol–water partition coefficient (Wildman–Crippen LogP) is 5.04. The van der Waals surface area contributed by atoms with E-state index < -0.39 is 5.92 Å². The van der Waals surface area contributed by atoms with Crippen LogP contribution in [0.1, 0.15) is 18.4 Å². The highest BCUT2D eigenvalue weighted by Gasteiger charge is 2.35. The Morgan fingerprint density at radius 1 is 1.19 bits per heavy atom. The summed E-state index contributed by atoms with van der Waals surface area (Å²) >= 11 is 7.88. The molecule has 6 heteroatoms. The average molecular weight is 396 g/mol. The third-order valence-electron chi connectivity index (χ3n) is 4.34. The van der Waals surface area contributed by atoms with Gasteiger partial charge in [-0.1, -0.05) is 48.0 Å². The minimum Gasteiger partial charge on any atom is -0.353 e. The van der Waals surface area contributed by atoms with Crippen molar-refractivity contribution in [3.05, 3.63) is 87.1 Å². The van der Waals surface area contributed by atoms with E-state index in [-0.39, 0.29) is 5.91 Å². The molecule has 2 aromatic rings. The van der Waals surface area contributed by atoms with Crippen molar-refractivity contribution in [2.75, 3.05) is 11.6 Å². The van der Waals surface area contributed by atoms with Crippen LogP contribution >= 0.6 is 23.4 Å². The maximum Gasteiger partial charge on any atom is 0.254 e. The zero-order valence-corrected chi connectivity index (χ0v) is 16.5. The van der Waals surface area contributed by atoms with Gasteiger partial charge in [0.2, 0.25) is 0 Å². The van der Waals surface area contributed by atoms with Crippen molar-refractivity contribution < 1.29 is 4.79 Å². The number of carbonyl (C=O) groups is 1. The van der Waals surface area contributed by atoms with E-state index in [9.17, 15) is 10.1 Å². The summed E-state index contributed by atoms with van der Waals surface area (Å²) in [6.07, 6.45) is 1.89. The summed E-state index contributed by atoms with van der Waals surface area (Å²) in [7, 11) is 0. The van der Waals surface area contributed by atoms with Crippen LogP contribution < -0.4 is 10.6 Å². The quantitative estimate of drug-likeness (QED) is 0.761. The second-order valence-electron chi connectivity index (χ2n) is 6.00. The lowest BCUT2D eigenvalue weighted by atomic mass is 9.82. The van der Waals surface area contributed by atoms with Gasteiger partial charge in [-0.05, 0) is 36.9 Å². The molecule has 0 spiro atoms. The molecule has 0 fully saturated rings. The Morgan fingerprint density at radius 3 is 2.48 bits per heavy atom. The van der Waals surface area contributed by atoms with E-state index in [0.717, 1.165) is 10.6 Å². The van der Waals surface area contributed by atoms with Gasteiger partial charge in [-0.2, -0.15) is 5.26 Å². The van der Waals surface area contributed by atoms with Gasteiger partial charge in [-0.15, -0.1) is 11.8 Å². The summed E-state index contributed by atoms with van der Waals surface area (Å²) < 4.78 is 0. The van der Waals surface area contributed by atoms with Crippen LogP contribution in [0, 0.1) is 11.3 Å². The zero-order valence-electron chi connectivity index (χ0n) is 14.9. The lowest BCUT2D eigenvalue weighted by molar-refractivity contribution is -0.113. The molecule has 0 aliphatic carbocycles. The zero-order chi connectivity index (χ0) is 19.4. The highest BCUT2D eigenvalue weighted by molar-refractivity contribution is 8.02. The Kier molecular flexibility index (Phi) is 5.90. The van der Waals surface area contributed by atoms with Gasteiger partial charge in [0.25, 0.3) is 5.91 Å². The molecule has 2 N–H and O–H groups in total. The molecule has 0 radical (unpaired) electrons. The Hall–Kier alpha value is -2.68. The van der Waals surface area contributed by atoms with E-state index in [4.69, 9.17) is 11.6 Å². The number of halogens is 1. The molecule has 27 heavy (non-hydrogen) atoms. The number of rotatable bonds is 4. The van der Waals surface area contributed by atoms with Gasteiger partial charge in [0.1, 0.15) is 0 Å². The van der Waals surface area contributed by atoms with Crippen molar-refractivity contribution in [2.45, 2.75) is 12.8 Å². The van der Waals surface area contributed by atoms with Crippen LogP contribution in [0.25, 0.3) is 0 Å². The molecular formula is C21H18ClN3OS. The number of allylic oxidation sites excluding steroid dienone is 2. The number of amides is 1. The Morgan fingerprint density at radius 2 is 1.85 bits per heavy atom. The molecule has 1 amide bonds. The first-order chi connectivity index (χ1) is 13.1. The van der Waals surface area contributed by atoms with Crippen molar-refractivity contribution in [1.82, 2.24) is 5.32 Å². The number of nitrogens with one attached hydrogen (secondary N) is 2. The van der Waals surface area contributed by atoms with E-state index in [2.05, 4.69) is 16.7 Å². The molecule has 0 bridgehead atoms. The Bertz CT molecular complexity index is 976. The van der Waals surface area contributed by atoms with Crippen LogP contribution in [0.2, 0.25) is 5.02 Å². The molecule has 0 aromatic heterocycles. The third-order valence-corrected chi connectivity index (χ3v) is 5.42. The topological polar surface area (TPSA) is 64.9 Å². The van der Waals surface area contributed by atoms with Crippen molar-refractivity contribution >= 4 is 35.0 Å². The fourth-order valence-corrected chi connectivity index (χ4v) is 4.00. The van der Waals surface area contributed by atoms with Crippen LogP contribution in [-0.4, -0.2) is 12.2 Å². The summed E-state index contributed by atoms with van der Waals surface area (Å²) in [5.74, 6) is -0.792. The number of hydrogen-bond donors (Lipinski definition) is 2. The number of nitrogens with zero attached hydrogens (tertiary/aromatic N) is 1. The molecule has 4 nitrogen and oxygen atoms in total. The highest BCUT2D eigenvalue weighted by atomic mass is 35.5. The van der Waals surface area contributed by atoms with Crippen molar-refractivity contribution in [3.8, 4) is 6.07 Å². The molecular weight excluding hydrogens is 378 g/mol. The van der Waals surface area contributed by atoms with Gasteiger partial charge in [-0.3, -0.25) is 4.79 Å². The number of benzene rings is 2. The Labute approximate surface area is 167 Å². The second kappa shape index (κ2) is 8.34. The van der Waals surface area contributed by atoms with Crippen LogP contribution in [0.3, 0.4) is 0 Å².